The first kappa shape index (κ1) is 10.5. The fraction of sp³-hybridized carbons (Fsp3) is 0.250. The van der Waals surface area contributed by atoms with Gasteiger partial charge in [0, 0.05) is 29.2 Å². The fourth-order valence-corrected chi connectivity index (χ4v) is 1.37. The summed E-state index contributed by atoms with van der Waals surface area (Å²) in [6.45, 7) is 9.83. The number of hydrogen-bond donors (Lipinski definition) is 1. The highest BCUT2D eigenvalue weighted by atomic mass is 14.7. The van der Waals surface area contributed by atoms with Crippen LogP contribution in [0.3, 0.4) is 0 Å². The maximum absolute atomic E-state index is 5.57. The second-order valence-corrected chi connectivity index (χ2v) is 3.51. The van der Waals surface area contributed by atoms with E-state index in [9.17, 15) is 0 Å². The van der Waals surface area contributed by atoms with Crippen molar-refractivity contribution in [3.05, 3.63) is 47.4 Å². The first-order valence-corrected chi connectivity index (χ1v) is 4.57. The van der Waals surface area contributed by atoms with Crippen molar-refractivity contribution in [3.8, 4) is 0 Å². The minimum atomic E-state index is 0.961. The summed E-state index contributed by atoms with van der Waals surface area (Å²) in [6, 6.07) is 2.08. The van der Waals surface area contributed by atoms with Crippen molar-refractivity contribution in [3.63, 3.8) is 0 Å². The number of hydrogen-bond acceptors (Lipinski definition) is 2. The summed E-state index contributed by atoms with van der Waals surface area (Å²) in [6.07, 6.45) is 3.44. The van der Waals surface area contributed by atoms with Crippen LogP contribution in [-0.2, 0) is 0 Å². The zero-order chi connectivity index (χ0) is 10.7. The van der Waals surface area contributed by atoms with Gasteiger partial charge in [-0.3, -0.25) is 4.98 Å². The minimum absolute atomic E-state index is 0.961. The summed E-state index contributed by atoms with van der Waals surface area (Å²) in [5.41, 5.74) is 10.7. The van der Waals surface area contributed by atoms with Gasteiger partial charge in [-0.25, -0.2) is 0 Å². The van der Waals surface area contributed by atoms with E-state index in [1.165, 1.54) is 0 Å². The van der Waals surface area contributed by atoms with E-state index in [1.807, 2.05) is 27.0 Å². The highest BCUT2D eigenvalue weighted by Gasteiger charge is 2.06. The Balaban J connectivity index is 3.30. The molecule has 0 saturated heterocycles. The normalized spacial score (nSPS) is 11.5. The Morgan fingerprint density at radius 1 is 1.50 bits per heavy atom. The first-order chi connectivity index (χ1) is 6.56. The van der Waals surface area contributed by atoms with E-state index in [4.69, 9.17) is 5.73 Å². The van der Waals surface area contributed by atoms with E-state index in [-0.39, 0.29) is 0 Å². The average Bonchev–Trinajstić information content (AvgIpc) is 2.11. The molecule has 0 bridgehead atoms. The second kappa shape index (κ2) is 4.09. The molecule has 1 aromatic rings. The number of nitrogens with zero attached hydrogens (tertiary/aromatic N) is 1. The lowest BCUT2D eigenvalue weighted by atomic mass is 9.99. The summed E-state index contributed by atoms with van der Waals surface area (Å²) < 4.78 is 0. The first-order valence-electron chi connectivity index (χ1n) is 4.57. The van der Waals surface area contributed by atoms with Crippen molar-refractivity contribution >= 4 is 5.57 Å². The van der Waals surface area contributed by atoms with Gasteiger partial charge in [-0.15, -0.1) is 0 Å². The van der Waals surface area contributed by atoms with Crippen molar-refractivity contribution in [1.82, 2.24) is 4.98 Å². The molecule has 0 aliphatic heterocycles. The molecule has 0 aliphatic carbocycles. The van der Waals surface area contributed by atoms with Gasteiger partial charge in [0.1, 0.15) is 0 Å². The number of aryl methyl sites for hydroxylation is 2. The molecule has 0 atom stereocenters. The zero-order valence-electron chi connectivity index (χ0n) is 8.96. The molecule has 2 nitrogen and oxygen atoms in total. The van der Waals surface area contributed by atoms with E-state index < -0.39 is 0 Å². The largest absolute Gasteiger partial charge is 0.404 e. The molecule has 0 spiro atoms. The monoisotopic (exact) mass is 188 g/mol. The molecule has 2 heteroatoms. The quantitative estimate of drug-likeness (QED) is 0.724. The van der Waals surface area contributed by atoms with Gasteiger partial charge in [-0.2, -0.15) is 0 Å². The van der Waals surface area contributed by atoms with Crippen molar-refractivity contribution in [2.24, 2.45) is 5.73 Å². The van der Waals surface area contributed by atoms with Crippen LogP contribution >= 0.6 is 0 Å². The van der Waals surface area contributed by atoms with Crippen molar-refractivity contribution in [2.45, 2.75) is 20.8 Å². The molecular formula is C12H16N2. The lowest BCUT2D eigenvalue weighted by Gasteiger charge is -2.09. The van der Waals surface area contributed by atoms with Crippen LogP contribution in [0, 0.1) is 13.8 Å². The number of aromatic nitrogens is 1. The van der Waals surface area contributed by atoms with Crippen LogP contribution in [0.1, 0.15) is 23.7 Å². The molecule has 0 unspecified atom stereocenters. The summed E-state index contributed by atoms with van der Waals surface area (Å²) >= 11 is 0. The third kappa shape index (κ3) is 2.02. The molecule has 0 saturated carbocycles. The van der Waals surface area contributed by atoms with Gasteiger partial charge in [-0.05, 0) is 38.0 Å². The van der Waals surface area contributed by atoms with E-state index in [1.54, 1.807) is 6.20 Å². The molecular weight excluding hydrogens is 172 g/mol. The van der Waals surface area contributed by atoms with E-state index in [2.05, 4.69) is 17.6 Å². The van der Waals surface area contributed by atoms with Crippen molar-refractivity contribution in [2.75, 3.05) is 0 Å². The second-order valence-electron chi connectivity index (χ2n) is 3.51. The van der Waals surface area contributed by atoms with Crippen LogP contribution in [0.2, 0.25) is 0 Å². The van der Waals surface area contributed by atoms with E-state index in [0.29, 0.717) is 0 Å². The summed E-state index contributed by atoms with van der Waals surface area (Å²) in [5, 5.41) is 0. The smallest absolute Gasteiger partial charge is 0.0451 e. The van der Waals surface area contributed by atoms with Crippen LogP contribution in [0.5, 0.6) is 0 Å². The molecule has 0 amide bonds. The Morgan fingerprint density at radius 2 is 2.14 bits per heavy atom. The van der Waals surface area contributed by atoms with Crippen LogP contribution in [0.4, 0.5) is 0 Å². The average molecular weight is 188 g/mol. The molecule has 74 valence electrons. The molecule has 2 N–H and O–H groups in total. The van der Waals surface area contributed by atoms with Crippen LogP contribution in [0.25, 0.3) is 5.57 Å². The highest BCUT2D eigenvalue weighted by molar-refractivity contribution is 5.78. The van der Waals surface area contributed by atoms with Gasteiger partial charge in [0.2, 0.25) is 0 Å². The van der Waals surface area contributed by atoms with Crippen LogP contribution in [-0.4, -0.2) is 4.98 Å². The third-order valence-electron chi connectivity index (χ3n) is 2.14. The SMILES string of the molecule is C=C(C)/C(=C/N)c1cc(C)cnc1C. The predicted molar refractivity (Wildman–Crippen MR) is 60.7 cm³/mol. The Labute approximate surface area is 85.2 Å². The van der Waals surface area contributed by atoms with E-state index >= 15 is 0 Å². The maximum atomic E-state index is 5.57. The molecule has 14 heavy (non-hydrogen) atoms. The van der Waals surface area contributed by atoms with Crippen LogP contribution in [0.15, 0.2) is 30.6 Å². The Hall–Kier alpha value is -1.57. The maximum Gasteiger partial charge on any atom is 0.0451 e. The molecule has 1 heterocycles. The lowest BCUT2D eigenvalue weighted by molar-refractivity contribution is 1.15. The number of pyridine rings is 1. The third-order valence-corrected chi connectivity index (χ3v) is 2.14. The summed E-state index contributed by atoms with van der Waals surface area (Å²) in [7, 11) is 0. The van der Waals surface area contributed by atoms with Gasteiger partial charge in [0.05, 0.1) is 0 Å². The number of nitrogens with two attached hydrogens (primary N) is 1. The molecule has 0 fully saturated rings. The molecule has 0 aromatic carbocycles. The van der Waals surface area contributed by atoms with Gasteiger partial charge >= 0.3 is 0 Å². The molecule has 1 rings (SSSR count). The molecule has 1 aromatic heterocycles. The lowest BCUT2D eigenvalue weighted by Crippen LogP contribution is -1.96. The number of allylic oxidation sites excluding steroid dienone is 2. The van der Waals surface area contributed by atoms with Gasteiger partial charge < -0.3 is 5.73 Å². The Morgan fingerprint density at radius 3 is 2.64 bits per heavy atom. The topological polar surface area (TPSA) is 38.9 Å². The zero-order valence-corrected chi connectivity index (χ0v) is 8.96. The highest BCUT2D eigenvalue weighted by Crippen LogP contribution is 2.23. The van der Waals surface area contributed by atoms with E-state index in [0.717, 1.165) is 28.0 Å². The van der Waals surface area contributed by atoms with Crippen molar-refractivity contribution < 1.29 is 0 Å². The Bertz CT molecular complexity index is 389. The molecule has 0 aliphatic rings. The standard InChI is InChI=1S/C12H16N2/c1-8(2)12(6-13)11-5-9(3)7-14-10(11)4/h5-7H,1,13H2,2-4H3/b12-6-. The minimum Gasteiger partial charge on any atom is -0.404 e. The predicted octanol–water partition coefficient (Wildman–Crippen LogP) is 2.57. The number of rotatable bonds is 2. The fourth-order valence-electron chi connectivity index (χ4n) is 1.37. The van der Waals surface area contributed by atoms with Gasteiger partial charge in [0.15, 0.2) is 0 Å². The summed E-state index contributed by atoms with van der Waals surface area (Å²) in [4.78, 5) is 4.29. The summed E-state index contributed by atoms with van der Waals surface area (Å²) in [5.74, 6) is 0. The van der Waals surface area contributed by atoms with Crippen molar-refractivity contribution in [1.29, 1.82) is 0 Å². The van der Waals surface area contributed by atoms with Gasteiger partial charge in [-0.1, -0.05) is 6.58 Å². The Kier molecular flexibility index (Phi) is 3.07. The molecule has 0 radical (unpaired) electrons. The van der Waals surface area contributed by atoms with Gasteiger partial charge in [0.25, 0.3) is 0 Å². The van der Waals surface area contributed by atoms with Crippen LogP contribution < -0.4 is 5.73 Å².